The van der Waals surface area contributed by atoms with Gasteiger partial charge in [0.1, 0.15) is 12.4 Å². The Balaban J connectivity index is 1.93. The van der Waals surface area contributed by atoms with E-state index in [2.05, 4.69) is 4.98 Å². The third-order valence-corrected chi connectivity index (χ3v) is 2.62. The topological polar surface area (TPSA) is 72.6 Å². The van der Waals surface area contributed by atoms with Crippen LogP contribution in [0, 0.1) is 0 Å². The summed E-state index contributed by atoms with van der Waals surface area (Å²) in [5, 5.41) is 8.55. The second kappa shape index (κ2) is 5.12. The molecule has 16 heavy (non-hydrogen) atoms. The number of rotatable bonds is 4. The minimum absolute atomic E-state index is 0.0488. The van der Waals surface area contributed by atoms with Crippen LogP contribution in [0.2, 0.25) is 0 Å². The number of ether oxygens (including phenoxy) is 1. The number of carboxylic acid groups (broad SMARTS) is 1. The Bertz CT molecular complexity index is 355. The number of carbonyl (C=O) groups is 1. The Kier molecular flexibility index (Phi) is 3.56. The Morgan fingerprint density at radius 3 is 3.12 bits per heavy atom. The fourth-order valence-corrected chi connectivity index (χ4v) is 1.76. The predicted octanol–water partition coefficient (Wildman–Crippen LogP) is 1.93. The predicted molar refractivity (Wildman–Crippen MR) is 55.0 cm³/mol. The van der Waals surface area contributed by atoms with E-state index in [1.165, 1.54) is 6.26 Å². The lowest BCUT2D eigenvalue weighted by molar-refractivity contribution is -0.136. The number of carboxylic acids is 1. The van der Waals surface area contributed by atoms with Crippen LogP contribution in [0.1, 0.15) is 43.4 Å². The molecule has 0 aromatic carbocycles. The average Bonchev–Trinajstić information content (AvgIpc) is 2.76. The summed E-state index contributed by atoms with van der Waals surface area (Å²) in [6.07, 6.45) is 5.10. The highest BCUT2D eigenvalue weighted by molar-refractivity contribution is 5.66. The first-order valence-corrected chi connectivity index (χ1v) is 5.53. The van der Waals surface area contributed by atoms with Gasteiger partial charge in [-0.25, -0.2) is 4.98 Å². The van der Waals surface area contributed by atoms with Crippen LogP contribution in [0.25, 0.3) is 0 Å². The van der Waals surface area contributed by atoms with Crippen LogP contribution >= 0.6 is 0 Å². The van der Waals surface area contributed by atoms with E-state index in [0.29, 0.717) is 18.0 Å². The van der Waals surface area contributed by atoms with Crippen molar-refractivity contribution in [3.05, 3.63) is 17.8 Å². The van der Waals surface area contributed by atoms with Crippen LogP contribution in [0.5, 0.6) is 0 Å². The number of nitrogens with zero attached hydrogens (tertiary/aromatic N) is 1. The number of oxazole rings is 1. The fraction of sp³-hybridized carbons (Fsp3) is 0.636. The largest absolute Gasteiger partial charge is 0.481 e. The van der Waals surface area contributed by atoms with Gasteiger partial charge in [-0.2, -0.15) is 0 Å². The first-order valence-electron chi connectivity index (χ1n) is 5.53. The monoisotopic (exact) mass is 225 g/mol. The second-order valence-electron chi connectivity index (χ2n) is 3.93. The van der Waals surface area contributed by atoms with Gasteiger partial charge in [-0.15, -0.1) is 0 Å². The van der Waals surface area contributed by atoms with Gasteiger partial charge < -0.3 is 14.3 Å². The number of aliphatic carboxylic acids is 1. The fourth-order valence-electron chi connectivity index (χ4n) is 1.76. The summed E-state index contributed by atoms with van der Waals surface area (Å²) in [6.45, 7) is 0.748. The summed E-state index contributed by atoms with van der Waals surface area (Å²) in [4.78, 5) is 14.6. The Labute approximate surface area is 93.4 Å². The summed E-state index contributed by atoms with van der Waals surface area (Å²) in [6, 6.07) is 0. The highest BCUT2D eigenvalue weighted by Gasteiger charge is 2.21. The minimum Gasteiger partial charge on any atom is -0.481 e. The quantitative estimate of drug-likeness (QED) is 0.847. The molecule has 1 fully saturated rings. The van der Waals surface area contributed by atoms with E-state index in [1.54, 1.807) is 0 Å². The van der Waals surface area contributed by atoms with Crippen molar-refractivity contribution < 1.29 is 19.1 Å². The van der Waals surface area contributed by atoms with Crippen molar-refractivity contribution in [3.8, 4) is 0 Å². The first-order chi connectivity index (χ1) is 7.75. The van der Waals surface area contributed by atoms with Crippen LogP contribution in [0.15, 0.2) is 10.7 Å². The Hall–Kier alpha value is -1.36. The molecule has 2 heterocycles. The van der Waals surface area contributed by atoms with Crippen LogP contribution in [0.4, 0.5) is 0 Å². The van der Waals surface area contributed by atoms with E-state index in [9.17, 15) is 4.79 Å². The second-order valence-corrected chi connectivity index (χ2v) is 3.93. The van der Waals surface area contributed by atoms with Gasteiger partial charge in [-0.1, -0.05) is 0 Å². The lowest BCUT2D eigenvalue weighted by Crippen LogP contribution is -2.11. The van der Waals surface area contributed by atoms with E-state index >= 15 is 0 Å². The maximum absolute atomic E-state index is 10.4. The molecule has 1 unspecified atom stereocenters. The molecule has 88 valence electrons. The van der Waals surface area contributed by atoms with Gasteiger partial charge >= 0.3 is 5.97 Å². The van der Waals surface area contributed by atoms with Crippen molar-refractivity contribution in [2.24, 2.45) is 0 Å². The molecule has 0 radical (unpaired) electrons. The zero-order valence-corrected chi connectivity index (χ0v) is 9.02. The van der Waals surface area contributed by atoms with Crippen molar-refractivity contribution >= 4 is 5.97 Å². The third-order valence-electron chi connectivity index (χ3n) is 2.62. The molecule has 1 aliphatic rings. The van der Waals surface area contributed by atoms with E-state index in [-0.39, 0.29) is 12.5 Å². The van der Waals surface area contributed by atoms with E-state index < -0.39 is 5.97 Å². The van der Waals surface area contributed by atoms with Gasteiger partial charge in [0, 0.05) is 13.0 Å². The van der Waals surface area contributed by atoms with Crippen molar-refractivity contribution in [3.63, 3.8) is 0 Å². The molecule has 1 aliphatic heterocycles. The molecule has 0 bridgehead atoms. The van der Waals surface area contributed by atoms with Gasteiger partial charge in [-0.3, -0.25) is 4.79 Å². The Morgan fingerprint density at radius 2 is 2.44 bits per heavy atom. The maximum Gasteiger partial charge on any atom is 0.303 e. The van der Waals surface area contributed by atoms with E-state index in [4.69, 9.17) is 14.3 Å². The average molecular weight is 225 g/mol. The lowest BCUT2D eigenvalue weighted by Gasteiger charge is -2.19. The van der Waals surface area contributed by atoms with Gasteiger partial charge in [0.05, 0.1) is 12.1 Å². The molecule has 1 N–H and O–H groups in total. The molecule has 0 saturated carbocycles. The summed E-state index contributed by atoms with van der Waals surface area (Å²) < 4.78 is 10.8. The summed E-state index contributed by atoms with van der Waals surface area (Å²) in [5.41, 5.74) is 0.687. The summed E-state index contributed by atoms with van der Waals surface area (Å²) in [5.74, 6) is -0.237. The van der Waals surface area contributed by atoms with Crippen molar-refractivity contribution in [1.29, 1.82) is 0 Å². The molecule has 1 aromatic heterocycles. The zero-order valence-electron chi connectivity index (χ0n) is 9.02. The molecule has 5 nitrogen and oxygen atoms in total. The number of aryl methyl sites for hydroxylation is 1. The standard InChI is InChI=1S/C11H15NO4/c13-10(14)5-4-8-7-16-11(12-8)9-3-1-2-6-15-9/h7,9H,1-6H2,(H,13,14). The van der Waals surface area contributed by atoms with Crippen molar-refractivity contribution in [1.82, 2.24) is 4.98 Å². The van der Waals surface area contributed by atoms with Crippen LogP contribution in [-0.4, -0.2) is 22.7 Å². The molecular formula is C11H15NO4. The number of hydrogen-bond acceptors (Lipinski definition) is 4. The van der Waals surface area contributed by atoms with Crippen LogP contribution in [-0.2, 0) is 16.0 Å². The van der Waals surface area contributed by atoms with E-state index in [1.807, 2.05) is 0 Å². The third kappa shape index (κ3) is 2.82. The smallest absolute Gasteiger partial charge is 0.303 e. The first kappa shape index (κ1) is 11.1. The molecule has 1 aromatic rings. The van der Waals surface area contributed by atoms with Gasteiger partial charge in [0.2, 0.25) is 5.89 Å². The van der Waals surface area contributed by atoms with Crippen LogP contribution < -0.4 is 0 Å². The van der Waals surface area contributed by atoms with Crippen molar-refractivity contribution in [2.45, 2.75) is 38.2 Å². The van der Waals surface area contributed by atoms with E-state index in [0.717, 1.165) is 25.9 Å². The molecule has 0 spiro atoms. The van der Waals surface area contributed by atoms with Gasteiger partial charge in [-0.05, 0) is 19.3 Å². The molecule has 2 rings (SSSR count). The minimum atomic E-state index is -0.821. The molecule has 0 aliphatic carbocycles. The normalized spacial score (nSPS) is 20.9. The highest BCUT2D eigenvalue weighted by atomic mass is 16.5. The lowest BCUT2D eigenvalue weighted by atomic mass is 10.1. The maximum atomic E-state index is 10.4. The van der Waals surface area contributed by atoms with Crippen molar-refractivity contribution in [2.75, 3.05) is 6.61 Å². The highest BCUT2D eigenvalue weighted by Crippen LogP contribution is 2.27. The molecule has 0 amide bonds. The SMILES string of the molecule is O=C(O)CCc1coc(C2CCCCO2)n1. The Morgan fingerprint density at radius 1 is 1.56 bits per heavy atom. The molecular weight excluding hydrogens is 210 g/mol. The number of aromatic nitrogens is 1. The number of hydrogen-bond donors (Lipinski definition) is 1. The van der Waals surface area contributed by atoms with Gasteiger partial charge in [0.25, 0.3) is 0 Å². The molecule has 1 atom stereocenters. The summed E-state index contributed by atoms with van der Waals surface area (Å²) in [7, 11) is 0. The molecule has 5 heteroatoms. The molecule has 1 saturated heterocycles. The van der Waals surface area contributed by atoms with Gasteiger partial charge in [0.15, 0.2) is 0 Å². The zero-order chi connectivity index (χ0) is 11.4. The van der Waals surface area contributed by atoms with Crippen LogP contribution in [0.3, 0.4) is 0 Å². The summed E-state index contributed by atoms with van der Waals surface area (Å²) >= 11 is 0.